The molecule has 1 N–H and O–H groups in total. The van der Waals surface area contributed by atoms with Crippen molar-refractivity contribution >= 4 is 22.9 Å². The lowest BCUT2D eigenvalue weighted by Crippen LogP contribution is -2.60. The molecule has 0 saturated carbocycles. The van der Waals surface area contributed by atoms with Crippen LogP contribution >= 0.6 is 0 Å². The molecule has 2 unspecified atom stereocenters. The van der Waals surface area contributed by atoms with Crippen LogP contribution in [0.5, 0.6) is 0 Å². The molecular weight excluding hydrogens is 397 g/mol. The van der Waals surface area contributed by atoms with Crippen molar-refractivity contribution in [2.45, 2.75) is 42.4 Å². The quantitative estimate of drug-likeness (QED) is 0.574. The van der Waals surface area contributed by atoms with Crippen LogP contribution < -0.4 is 0 Å². The van der Waals surface area contributed by atoms with E-state index in [1.165, 1.54) is 12.1 Å². The molecule has 6 nitrogen and oxygen atoms in total. The van der Waals surface area contributed by atoms with Crippen molar-refractivity contribution in [1.82, 2.24) is 0 Å². The SMILES string of the molecule is CCOC(=O)C1=NOC(O)([C@@](C)(F)c2ccccc2)C1[S@@+]([O-])c1ccc(C)cc1. The number of ether oxygens (including phenoxy) is 1. The third-order valence-corrected chi connectivity index (χ3v) is 6.54. The standard InChI is InChI=1S/C21H22FNO5S/c1-4-27-19(24)17-18(29(26)16-12-10-14(2)11-13-16)21(25,28-23-17)20(3,22)15-8-6-5-7-9-15/h5-13,18,25H,4H2,1-3H3/t18?,20-,21?,29-/m0/s1. The minimum absolute atomic E-state index is 0.0335. The number of oxime groups is 1. The highest BCUT2D eigenvalue weighted by Crippen LogP contribution is 2.46. The van der Waals surface area contributed by atoms with E-state index in [0.717, 1.165) is 12.5 Å². The molecule has 0 aliphatic carbocycles. The van der Waals surface area contributed by atoms with Crippen LogP contribution in [-0.4, -0.2) is 39.0 Å². The zero-order valence-electron chi connectivity index (χ0n) is 16.3. The first kappa shape index (κ1) is 21.3. The van der Waals surface area contributed by atoms with Gasteiger partial charge in [0.05, 0.1) is 6.61 Å². The van der Waals surface area contributed by atoms with E-state index in [4.69, 9.17) is 9.57 Å². The van der Waals surface area contributed by atoms with Crippen LogP contribution in [0.4, 0.5) is 4.39 Å². The molecule has 0 saturated heterocycles. The normalized spacial score (nSPS) is 24.2. The highest BCUT2D eigenvalue weighted by atomic mass is 32.2. The van der Waals surface area contributed by atoms with Gasteiger partial charge < -0.3 is 19.2 Å². The number of rotatable bonds is 6. The number of alkyl halides is 1. The molecule has 0 spiro atoms. The number of benzene rings is 2. The fraction of sp³-hybridized carbons (Fsp3) is 0.333. The maximum atomic E-state index is 16.0. The second-order valence-electron chi connectivity index (χ2n) is 6.84. The van der Waals surface area contributed by atoms with Gasteiger partial charge in [0.15, 0.2) is 4.90 Å². The number of nitrogens with zero attached hydrogens (tertiary/aromatic N) is 1. The van der Waals surface area contributed by atoms with Gasteiger partial charge in [0.25, 0.3) is 0 Å². The van der Waals surface area contributed by atoms with Gasteiger partial charge in [-0.2, -0.15) is 0 Å². The predicted octanol–water partition coefficient (Wildman–Crippen LogP) is 2.99. The van der Waals surface area contributed by atoms with Crippen molar-refractivity contribution in [2.24, 2.45) is 5.16 Å². The van der Waals surface area contributed by atoms with Gasteiger partial charge in [-0.15, -0.1) is 0 Å². The van der Waals surface area contributed by atoms with Crippen molar-refractivity contribution in [1.29, 1.82) is 0 Å². The summed E-state index contributed by atoms with van der Waals surface area (Å²) in [6, 6.07) is 14.5. The Morgan fingerprint density at radius 1 is 1.31 bits per heavy atom. The van der Waals surface area contributed by atoms with Crippen molar-refractivity contribution < 1.29 is 28.4 Å². The lowest BCUT2D eigenvalue weighted by atomic mass is 9.85. The zero-order chi connectivity index (χ0) is 21.2. The van der Waals surface area contributed by atoms with Gasteiger partial charge in [-0.3, -0.25) is 0 Å². The third-order valence-electron chi connectivity index (χ3n) is 4.83. The highest BCUT2D eigenvalue weighted by molar-refractivity contribution is 7.93. The zero-order valence-corrected chi connectivity index (χ0v) is 17.1. The number of hydrogen-bond donors (Lipinski definition) is 1. The highest BCUT2D eigenvalue weighted by Gasteiger charge is 2.69. The molecule has 154 valence electrons. The van der Waals surface area contributed by atoms with E-state index >= 15 is 4.39 Å². The van der Waals surface area contributed by atoms with Crippen molar-refractivity contribution in [2.75, 3.05) is 6.61 Å². The van der Waals surface area contributed by atoms with Crippen LogP contribution in [-0.2, 0) is 31.2 Å². The average Bonchev–Trinajstić information content (AvgIpc) is 3.08. The molecule has 1 aliphatic rings. The molecule has 3 rings (SSSR count). The molecular formula is C21H22FNO5S. The summed E-state index contributed by atoms with van der Waals surface area (Å²) in [5.74, 6) is -3.61. The number of hydrogen-bond acceptors (Lipinski definition) is 6. The van der Waals surface area contributed by atoms with Gasteiger partial charge in [-0.05, 0) is 38.5 Å². The van der Waals surface area contributed by atoms with Gasteiger partial charge in [-0.25, -0.2) is 9.18 Å². The summed E-state index contributed by atoms with van der Waals surface area (Å²) in [5, 5.41) is 13.3. The molecule has 2 aromatic rings. The minimum atomic E-state index is -2.69. The lowest BCUT2D eigenvalue weighted by Gasteiger charge is -2.37. The first-order valence-corrected chi connectivity index (χ1v) is 10.3. The summed E-state index contributed by atoms with van der Waals surface area (Å²) in [7, 11) is 0. The van der Waals surface area contributed by atoms with Crippen LogP contribution in [0.1, 0.15) is 25.0 Å². The molecule has 8 heteroatoms. The first-order valence-electron chi connectivity index (χ1n) is 9.09. The molecule has 0 amide bonds. The van der Waals surface area contributed by atoms with Crippen LogP contribution in [0.2, 0.25) is 0 Å². The van der Waals surface area contributed by atoms with Gasteiger partial charge in [0.1, 0.15) is 0 Å². The fourth-order valence-electron chi connectivity index (χ4n) is 3.09. The second-order valence-corrected chi connectivity index (χ2v) is 8.38. The fourth-order valence-corrected chi connectivity index (χ4v) is 4.67. The average molecular weight is 419 g/mol. The summed E-state index contributed by atoms with van der Waals surface area (Å²) in [6.07, 6.45) is 0. The minimum Gasteiger partial charge on any atom is -0.611 e. The summed E-state index contributed by atoms with van der Waals surface area (Å²) in [6.45, 7) is 4.59. The second kappa shape index (κ2) is 8.14. The molecule has 1 aliphatic heterocycles. The van der Waals surface area contributed by atoms with Crippen LogP contribution in [0.25, 0.3) is 0 Å². The molecule has 29 heavy (non-hydrogen) atoms. The van der Waals surface area contributed by atoms with E-state index in [1.807, 2.05) is 6.92 Å². The number of aliphatic hydroxyl groups is 1. The smallest absolute Gasteiger partial charge is 0.361 e. The first-order chi connectivity index (χ1) is 13.7. The van der Waals surface area contributed by atoms with E-state index in [1.54, 1.807) is 49.4 Å². The van der Waals surface area contributed by atoms with E-state index in [-0.39, 0.29) is 12.2 Å². The van der Waals surface area contributed by atoms with Crippen LogP contribution in [0.15, 0.2) is 64.6 Å². The number of esters is 1. The van der Waals surface area contributed by atoms with Crippen LogP contribution in [0, 0.1) is 6.92 Å². The van der Waals surface area contributed by atoms with Gasteiger partial charge in [0.2, 0.25) is 16.6 Å². The lowest BCUT2D eigenvalue weighted by molar-refractivity contribution is -0.260. The Balaban J connectivity index is 2.08. The number of halogens is 1. The van der Waals surface area contributed by atoms with Crippen molar-refractivity contribution in [3.05, 3.63) is 65.7 Å². The summed E-state index contributed by atoms with van der Waals surface area (Å²) < 4.78 is 34.3. The predicted molar refractivity (Wildman–Crippen MR) is 106 cm³/mol. The van der Waals surface area contributed by atoms with E-state index in [9.17, 15) is 14.5 Å². The molecule has 0 radical (unpaired) electrons. The summed E-state index contributed by atoms with van der Waals surface area (Å²) in [5.41, 5.74) is -1.93. The Labute approximate surface area is 171 Å². The maximum absolute atomic E-state index is 16.0. The molecule has 2 aromatic carbocycles. The van der Waals surface area contributed by atoms with E-state index in [2.05, 4.69) is 5.16 Å². The molecule has 4 atom stereocenters. The molecule has 0 bridgehead atoms. The van der Waals surface area contributed by atoms with Gasteiger partial charge in [0, 0.05) is 11.2 Å². The van der Waals surface area contributed by atoms with Gasteiger partial charge in [-0.1, -0.05) is 53.2 Å². The number of carbonyl (C=O) groups is 1. The summed E-state index contributed by atoms with van der Waals surface area (Å²) in [4.78, 5) is 17.8. The molecule has 1 heterocycles. The van der Waals surface area contributed by atoms with Crippen molar-refractivity contribution in [3.8, 4) is 0 Å². The third kappa shape index (κ3) is 3.75. The summed E-state index contributed by atoms with van der Waals surface area (Å²) >= 11 is -2.06. The largest absolute Gasteiger partial charge is 0.611 e. The number of carbonyl (C=O) groups excluding carboxylic acids is 1. The van der Waals surface area contributed by atoms with Crippen LogP contribution in [0.3, 0.4) is 0 Å². The number of aryl methyl sites for hydroxylation is 1. The molecule has 0 aromatic heterocycles. The Hall–Kier alpha value is -2.42. The maximum Gasteiger partial charge on any atom is 0.361 e. The topological polar surface area (TPSA) is 91.2 Å². The Morgan fingerprint density at radius 3 is 2.52 bits per heavy atom. The van der Waals surface area contributed by atoms with E-state index in [0.29, 0.717) is 4.90 Å². The Morgan fingerprint density at radius 2 is 1.93 bits per heavy atom. The monoisotopic (exact) mass is 419 g/mol. The van der Waals surface area contributed by atoms with Crippen molar-refractivity contribution in [3.63, 3.8) is 0 Å². The molecule has 0 fully saturated rings. The Kier molecular flexibility index (Phi) is 5.97. The van der Waals surface area contributed by atoms with Gasteiger partial charge >= 0.3 is 11.8 Å². The van der Waals surface area contributed by atoms with E-state index < -0.39 is 39.6 Å². The Bertz CT molecular complexity index is 903.